The monoisotopic (exact) mass is 290 g/mol. The summed E-state index contributed by atoms with van der Waals surface area (Å²) in [7, 11) is 0. The van der Waals surface area contributed by atoms with Crippen LogP contribution >= 0.6 is 0 Å². The standard InChI is InChI=1S/C16H18Se/c1-13-8-10-16(11-9-13)14(2)17-12-15-6-4-3-5-7-15/h3-11,14H,12H2,1-2H3/t14-/m0/s1. The fourth-order valence-corrected chi connectivity index (χ4v) is 3.79. The van der Waals surface area contributed by atoms with Crippen molar-refractivity contribution in [2.75, 3.05) is 0 Å². The Balaban J connectivity index is 1.93. The first-order chi connectivity index (χ1) is 8.25. The van der Waals surface area contributed by atoms with Crippen molar-refractivity contribution in [1.82, 2.24) is 0 Å². The molecule has 2 aromatic carbocycles. The number of benzene rings is 2. The van der Waals surface area contributed by atoms with Crippen LogP contribution in [0.1, 0.15) is 28.4 Å². The van der Waals surface area contributed by atoms with E-state index in [1.165, 1.54) is 22.0 Å². The zero-order chi connectivity index (χ0) is 12.1. The Bertz CT molecular complexity index is 445. The van der Waals surface area contributed by atoms with Gasteiger partial charge in [0.15, 0.2) is 0 Å². The van der Waals surface area contributed by atoms with E-state index in [2.05, 4.69) is 68.4 Å². The van der Waals surface area contributed by atoms with Gasteiger partial charge in [0.2, 0.25) is 0 Å². The SMILES string of the molecule is Cc1ccc([C@H](C)[Se]Cc2ccccc2)cc1. The van der Waals surface area contributed by atoms with E-state index >= 15 is 0 Å². The average molecular weight is 289 g/mol. The van der Waals surface area contributed by atoms with E-state index in [1.54, 1.807) is 0 Å². The van der Waals surface area contributed by atoms with Gasteiger partial charge in [-0.1, -0.05) is 0 Å². The second kappa shape index (κ2) is 6.05. The van der Waals surface area contributed by atoms with Crippen LogP contribution in [0.25, 0.3) is 0 Å². The zero-order valence-corrected chi connectivity index (χ0v) is 12.1. The van der Waals surface area contributed by atoms with Crippen LogP contribution in [0.2, 0.25) is 0 Å². The molecule has 0 amide bonds. The second-order valence-corrected chi connectivity index (χ2v) is 7.14. The molecule has 0 radical (unpaired) electrons. The summed E-state index contributed by atoms with van der Waals surface area (Å²) in [5.74, 6) is 0. The van der Waals surface area contributed by atoms with Gasteiger partial charge in [-0.15, -0.1) is 0 Å². The van der Waals surface area contributed by atoms with Gasteiger partial charge in [0.1, 0.15) is 0 Å². The average Bonchev–Trinajstić information content (AvgIpc) is 2.38. The third-order valence-corrected chi connectivity index (χ3v) is 5.56. The Hall–Kier alpha value is -1.04. The molecule has 0 saturated heterocycles. The maximum absolute atomic E-state index is 2.34. The van der Waals surface area contributed by atoms with Crippen molar-refractivity contribution in [3.8, 4) is 0 Å². The quantitative estimate of drug-likeness (QED) is 0.747. The molecule has 0 N–H and O–H groups in total. The molecule has 0 unspecified atom stereocenters. The number of aryl methyl sites for hydroxylation is 1. The molecule has 2 rings (SSSR count). The molecule has 2 aromatic rings. The normalized spacial score (nSPS) is 12.4. The van der Waals surface area contributed by atoms with Crippen LogP contribution < -0.4 is 0 Å². The van der Waals surface area contributed by atoms with Crippen LogP contribution in [0, 0.1) is 6.92 Å². The van der Waals surface area contributed by atoms with E-state index in [-0.39, 0.29) is 0 Å². The molecule has 0 heterocycles. The van der Waals surface area contributed by atoms with Crippen molar-refractivity contribution >= 4 is 15.0 Å². The molecule has 17 heavy (non-hydrogen) atoms. The molecule has 0 aliphatic heterocycles. The summed E-state index contributed by atoms with van der Waals surface area (Å²) < 4.78 is 0. The fraction of sp³-hybridized carbons (Fsp3) is 0.250. The first-order valence-electron chi connectivity index (χ1n) is 5.98. The molecular weight excluding hydrogens is 271 g/mol. The van der Waals surface area contributed by atoms with Crippen LogP contribution in [0.5, 0.6) is 0 Å². The van der Waals surface area contributed by atoms with Gasteiger partial charge in [0, 0.05) is 0 Å². The van der Waals surface area contributed by atoms with Crippen molar-refractivity contribution < 1.29 is 0 Å². The minimum absolute atomic E-state index is 0.636. The van der Waals surface area contributed by atoms with Crippen LogP contribution in [-0.2, 0) is 5.32 Å². The maximum atomic E-state index is 2.34. The molecule has 0 saturated carbocycles. The van der Waals surface area contributed by atoms with E-state index in [1.807, 2.05) is 0 Å². The van der Waals surface area contributed by atoms with Gasteiger partial charge in [-0.3, -0.25) is 0 Å². The first-order valence-corrected chi connectivity index (χ1v) is 8.18. The number of rotatable bonds is 4. The van der Waals surface area contributed by atoms with Crippen molar-refractivity contribution in [3.05, 3.63) is 71.3 Å². The Labute approximate surface area is 110 Å². The van der Waals surface area contributed by atoms with E-state index in [0.29, 0.717) is 19.8 Å². The van der Waals surface area contributed by atoms with Crippen molar-refractivity contribution in [2.24, 2.45) is 0 Å². The third kappa shape index (κ3) is 3.73. The summed E-state index contributed by atoms with van der Waals surface area (Å²) >= 11 is 0.636. The minimum atomic E-state index is 0.636. The second-order valence-electron chi connectivity index (χ2n) is 4.35. The van der Waals surface area contributed by atoms with Crippen molar-refractivity contribution in [3.63, 3.8) is 0 Å². The van der Waals surface area contributed by atoms with E-state index < -0.39 is 0 Å². The van der Waals surface area contributed by atoms with Crippen LogP contribution in [0.3, 0.4) is 0 Å². The van der Waals surface area contributed by atoms with Gasteiger partial charge in [-0.25, -0.2) is 0 Å². The molecule has 0 nitrogen and oxygen atoms in total. The molecule has 1 heteroatoms. The number of hydrogen-bond donors (Lipinski definition) is 0. The molecule has 88 valence electrons. The first kappa shape index (κ1) is 12.4. The van der Waals surface area contributed by atoms with Gasteiger partial charge >= 0.3 is 110 Å². The van der Waals surface area contributed by atoms with Crippen LogP contribution in [-0.4, -0.2) is 15.0 Å². The van der Waals surface area contributed by atoms with Gasteiger partial charge < -0.3 is 0 Å². The summed E-state index contributed by atoms with van der Waals surface area (Å²) in [4.78, 5) is 0.698. The van der Waals surface area contributed by atoms with Crippen LogP contribution in [0.4, 0.5) is 0 Å². The van der Waals surface area contributed by atoms with Crippen LogP contribution in [0.15, 0.2) is 54.6 Å². The summed E-state index contributed by atoms with van der Waals surface area (Å²) in [6.07, 6.45) is 0. The Morgan fingerprint density at radius 2 is 1.59 bits per heavy atom. The molecule has 0 aliphatic rings. The van der Waals surface area contributed by atoms with E-state index in [0.717, 1.165) is 0 Å². The molecule has 0 spiro atoms. The van der Waals surface area contributed by atoms with Gasteiger partial charge in [-0.05, 0) is 0 Å². The molecule has 1 atom stereocenters. The summed E-state index contributed by atoms with van der Waals surface area (Å²) in [5.41, 5.74) is 4.29. The summed E-state index contributed by atoms with van der Waals surface area (Å²) in [6.45, 7) is 4.48. The van der Waals surface area contributed by atoms with E-state index in [9.17, 15) is 0 Å². The van der Waals surface area contributed by atoms with Gasteiger partial charge in [0.05, 0.1) is 0 Å². The summed E-state index contributed by atoms with van der Waals surface area (Å²) in [6, 6.07) is 19.8. The molecule has 0 aliphatic carbocycles. The predicted molar refractivity (Wildman–Crippen MR) is 75.5 cm³/mol. The van der Waals surface area contributed by atoms with Gasteiger partial charge in [0.25, 0.3) is 0 Å². The molecule has 0 fully saturated rings. The Morgan fingerprint density at radius 3 is 2.24 bits per heavy atom. The van der Waals surface area contributed by atoms with Crippen molar-refractivity contribution in [2.45, 2.75) is 24.0 Å². The predicted octanol–water partition coefficient (Wildman–Crippen LogP) is 3.96. The van der Waals surface area contributed by atoms with Gasteiger partial charge in [-0.2, -0.15) is 0 Å². The van der Waals surface area contributed by atoms with E-state index in [4.69, 9.17) is 0 Å². The third-order valence-electron chi connectivity index (χ3n) is 2.89. The Kier molecular flexibility index (Phi) is 4.42. The summed E-state index contributed by atoms with van der Waals surface area (Å²) in [5, 5.41) is 1.23. The fourth-order valence-electron chi connectivity index (χ4n) is 1.73. The zero-order valence-electron chi connectivity index (χ0n) is 10.4. The topological polar surface area (TPSA) is 0 Å². The number of hydrogen-bond acceptors (Lipinski definition) is 0. The Morgan fingerprint density at radius 1 is 0.941 bits per heavy atom. The molecule has 0 aromatic heterocycles. The molecular formula is C16H18Se. The van der Waals surface area contributed by atoms with Crippen molar-refractivity contribution in [1.29, 1.82) is 0 Å². The molecule has 0 bridgehead atoms.